The maximum Gasteiger partial charge on any atom is 0.246 e. The quantitative estimate of drug-likeness (QED) is 0.0609. The third-order valence-corrected chi connectivity index (χ3v) is 12.7. The van der Waals surface area contributed by atoms with E-state index in [1.807, 2.05) is 99.9 Å². The van der Waals surface area contributed by atoms with Gasteiger partial charge in [-0.15, -0.1) is 11.3 Å². The molecule has 66 heavy (non-hydrogen) atoms. The zero-order chi connectivity index (χ0) is 46.6. The van der Waals surface area contributed by atoms with E-state index in [2.05, 4.69) is 51.4 Å². The molecular formula is C52H61N5O8S. The van der Waals surface area contributed by atoms with Crippen molar-refractivity contribution in [3.05, 3.63) is 125 Å². The van der Waals surface area contributed by atoms with Crippen molar-refractivity contribution in [1.82, 2.24) is 25.1 Å². The number of ether oxygens (including phenoxy) is 4. The largest absolute Gasteiger partial charge is 0.508 e. The number of fused-ring (bicyclic) bond motifs is 1. The van der Waals surface area contributed by atoms with E-state index >= 15 is 0 Å². The van der Waals surface area contributed by atoms with Crippen LogP contribution >= 0.6 is 11.3 Å². The van der Waals surface area contributed by atoms with E-state index in [1.54, 1.807) is 22.3 Å². The molecule has 2 unspecified atom stereocenters. The number of carbonyl (C=O) groups excluding carboxylic acids is 3. The molecule has 3 heterocycles. The molecule has 1 aliphatic rings. The minimum absolute atomic E-state index is 0.194. The highest BCUT2D eigenvalue weighted by atomic mass is 32.1. The summed E-state index contributed by atoms with van der Waals surface area (Å²) >= 11 is 1.60. The Balaban J connectivity index is 0.766. The number of benzene rings is 4. The summed E-state index contributed by atoms with van der Waals surface area (Å²) in [6.45, 7) is 13.0. The van der Waals surface area contributed by atoms with E-state index in [0.29, 0.717) is 58.9 Å². The Bertz CT molecular complexity index is 2550. The molecule has 0 aliphatic carbocycles. The van der Waals surface area contributed by atoms with E-state index in [-0.39, 0.29) is 37.4 Å². The first kappa shape index (κ1) is 47.9. The van der Waals surface area contributed by atoms with E-state index in [9.17, 15) is 19.5 Å². The smallest absolute Gasteiger partial charge is 0.246 e. The number of aromatic nitrogens is 2. The molecule has 2 aromatic heterocycles. The molecule has 3 amide bonds. The number of thiazole rings is 1. The number of hydrogen-bond donors (Lipinski definition) is 3. The molecular weight excluding hydrogens is 855 g/mol. The number of rotatable bonds is 21. The minimum Gasteiger partial charge on any atom is -0.508 e. The average molecular weight is 916 g/mol. The molecule has 4 aromatic carbocycles. The number of carbonyl (C=O) groups is 3. The summed E-state index contributed by atoms with van der Waals surface area (Å²) < 4.78 is 25.1. The number of aryl methyl sites for hydroxylation is 2. The summed E-state index contributed by atoms with van der Waals surface area (Å²) in [5.74, 6) is 0.100. The Hall–Kier alpha value is -6.06. The Morgan fingerprint density at radius 1 is 0.833 bits per heavy atom. The van der Waals surface area contributed by atoms with Gasteiger partial charge in [-0.2, -0.15) is 0 Å². The monoisotopic (exact) mass is 915 g/mol. The number of phenols is 1. The topological polar surface area (TPSA) is 153 Å². The van der Waals surface area contributed by atoms with Crippen LogP contribution in [0.15, 0.2) is 103 Å². The maximum atomic E-state index is 13.9. The lowest BCUT2D eigenvalue weighted by atomic mass is 9.85. The summed E-state index contributed by atoms with van der Waals surface area (Å²) in [6, 6.07) is 30.5. The second-order valence-corrected chi connectivity index (χ2v) is 18.5. The lowest BCUT2D eigenvalue weighted by Gasteiger charge is -2.35. The summed E-state index contributed by atoms with van der Waals surface area (Å²) in [7, 11) is 0. The van der Waals surface area contributed by atoms with Crippen molar-refractivity contribution in [3.8, 4) is 33.2 Å². The number of phenolic OH excluding ortho intramolecular Hbond substituents is 1. The normalized spacial score (nSPS) is 14.4. The summed E-state index contributed by atoms with van der Waals surface area (Å²) in [4.78, 5) is 47.3. The highest BCUT2D eigenvalue weighted by Gasteiger charge is 2.41. The van der Waals surface area contributed by atoms with E-state index in [0.717, 1.165) is 60.7 Å². The molecule has 6 aromatic rings. The predicted octanol–water partition coefficient (Wildman–Crippen LogP) is 8.07. The number of amides is 3. The maximum absolute atomic E-state index is 13.9. The van der Waals surface area contributed by atoms with Gasteiger partial charge in [0.05, 0.1) is 54.8 Å². The van der Waals surface area contributed by atoms with Crippen LogP contribution in [0, 0.1) is 19.3 Å². The van der Waals surface area contributed by atoms with Gasteiger partial charge in [-0.3, -0.25) is 14.4 Å². The first-order chi connectivity index (χ1) is 31.9. The van der Waals surface area contributed by atoms with Crippen LogP contribution in [-0.4, -0.2) is 102 Å². The van der Waals surface area contributed by atoms with Gasteiger partial charge in [0, 0.05) is 30.5 Å². The number of aromatic hydroxyl groups is 1. The number of nitrogens with one attached hydrogen (secondary N) is 2. The van der Waals surface area contributed by atoms with Gasteiger partial charge in [0.1, 0.15) is 36.8 Å². The molecule has 1 aliphatic heterocycles. The van der Waals surface area contributed by atoms with Crippen LogP contribution in [0.5, 0.6) is 11.5 Å². The molecule has 0 saturated carbocycles. The molecule has 1 saturated heterocycles. The molecule has 0 bridgehead atoms. The van der Waals surface area contributed by atoms with E-state index in [4.69, 9.17) is 18.9 Å². The number of nitrogens with zero attached hydrogens (tertiary/aromatic N) is 3. The molecule has 13 nitrogen and oxygen atoms in total. The van der Waals surface area contributed by atoms with Gasteiger partial charge in [-0.25, -0.2) is 4.98 Å². The summed E-state index contributed by atoms with van der Waals surface area (Å²) in [6.07, 6.45) is 1.26. The first-order valence-corrected chi connectivity index (χ1v) is 23.4. The van der Waals surface area contributed by atoms with Crippen molar-refractivity contribution < 1.29 is 38.4 Å². The molecule has 0 radical (unpaired) electrons. The molecule has 2 atom stereocenters. The van der Waals surface area contributed by atoms with Crippen LogP contribution in [0.4, 0.5) is 0 Å². The van der Waals surface area contributed by atoms with Crippen molar-refractivity contribution >= 4 is 40.0 Å². The predicted molar refractivity (Wildman–Crippen MR) is 258 cm³/mol. The lowest BCUT2D eigenvalue weighted by Crippen LogP contribution is -2.58. The first-order valence-electron chi connectivity index (χ1n) is 22.6. The van der Waals surface area contributed by atoms with Crippen LogP contribution in [0.2, 0.25) is 0 Å². The highest BCUT2D eigenvalue weighted by Crippen LogP contribution is 2.36. The van der Waals surface area contributed by atoms with Gasteiger partial charge >= 0.3 is 0 Å². The van der Waals surface area contributed by atoms with Crippen molar-refractivity contribution in [2.75, 3.05) is 52.8 Å². The van der Waals surface area contributed by atoms with Gasteiger partial charge in [-0.1, -0.05) is 87.5 Å². The van der Waals surface area contributed by atoms with Crippen LogP contribution in [0.1, 0.15) is 56.0 Å². The molecule has 1 fully saturated rings. The zero-order valence-corrected chi connectivity index (χ0v) is 39.3. The van der Waals surface area contributed by atoms with Crippen molar-refractivity contribution in [3.63, 3.8) is 0 Å². The summed E-state index contributed by atoms with van der Waals surface area (Å²) in [5, 5.41) is 17.1. The highest BCUT2D eigenvalue weighted by molar-refractivity contribution is 7.13. The van der Waals surface area contributed by atoms with Gasteiger partial charge in [-0.05, 0) is 90.3 Å². The van der Waals surface area contributed by atoms with Gasteiger partial charge in [0.15, 0.2) is 0 Å². The van der Waals surface area contributed by atoms with Crippen LogP contribution < -0.4 is 15.4 Å². The fourth-order valence-electron chi connectivity index (χ4n) is 8.32. The fourth-order valence-corrected chi connectivity index (χ4v) is 9.13. The molecule has 7 rings (SSSR count). The van der Waals surface area contributed by atoms with Crippen LogP contribution in [0.25, 0.3) is 32.6 Å². The third-order valence-electron chi connectivity index (χ3n) is 11.8. The Morgan fingerprint density at radius 3 is 2.20 bits per heavy atom. The second-order valence-electron chi connectivity index (χ2n) is 17.6. The van der Waals surface area contributed by atoms with Gasteiger partial charge in [0.25, 0.3) is 0 Å². The fraction of sp³-hybridized carbons (Fsp3) is 0.385. The zero-order valence-electron chi connectivity index (χ0n) is 38.5. The standard InChI is InChI=1S/C52H61N5O8S/c1-35-43-30-41(58)19-22-44(43)57(47(35)39-10-7-6-8-11-39)32-38-15-20-42(21-16-38)65-29-28-63-25-24-62-26-27-64-33-46(59)55-49(52(3,4)5)51(61)56-23-9-12-45(56)50(60)53-31-37-13-17-40(18-14-37)48-36(2)54-34-66-48/h6-8,10-11,13-22,30,34,45,49,58H,9,12,23-29,31-33H2,1-5H3,(H,53,60)(H,55,59). The molecule has 14 heteroatoms. The Kier molecular flexibility index (Phi) is 16.3. The molecule has 348 valence electrons. The van der Waals surface area contributed by atoms with E-state index < -0.39 is 23.4 Å². The molecule has 0 spiro atoms. The minimum atomic E-state index is -0.840. The third kappa shape index (κ3) is 12.2. The van der Waals surface area contributed by atoms with Crippen molar-refractivity contribution in [2.45, 2.75) is 72.6 Å². The van der Waals surface area contributed by atoms with Gasteiger partial charge < -0.3 is 44.2 Å². The average Bonchev–Trinajstić information content (AvgIpc) is 4.05. The van der Waals surface area contributed by atoms with Crippen molar-refractivity contribution in [1.29, 1.82) is 0 Å². The van der Waals surface area contributed by atoms with Gasteiger partial charge in [0.2, 0.25) is 17.7 Å². The van der Waals surface area contributed by atoms with Crippen LogP contribution in [0.3, 0.4) is 0 Å². The lowest BCUT2D eigenvalue weighted by molar-refractivity contribution is -0.144. The Morgan fingerprint density at radius 2 is 1.52 bits per heavy atom. The molecule has 3 N–H and O–H groups in total. The van der Waals surface area contributed by atoms with E-state index in [1.165, 1.54) is 0 Å². The summed E-state index contributed by atoms with van der Waals surface area (Å²) in [5.41, 5.74) is 9.82. The number of hydrogen-bond acceptors (Lipinski definition) is 10. The number of likely N-dealkylation sites (tertiary alicyclic amines) is 1. The van der Waals surface area contributed by atoms with Crippen LogP contribution in [-0.2, 0) is 41.7 Å². The van der Waals surface area contributed by atoms with Crippen molar-refractivity contribution in [2.24, 2.45) is 5.41 Å². The Labute approximate surface area is 391 Å². The second kappa shape index (κ2) is 22.4. The SMILES string of the molecule is Cc1ncsc1-c1ccc(CNC(=O)C2CCCN2C(=O)C(NC(=O)COCCOCCOCCOc2ccc(Cn3c(-c4ccccc4)c(C)c4cc(O)ccc43)cc2)C(C)(C)C)cc1.